The van der Waals surface area contributed by atoms with Crippen molar-refractivity contribution in [3.05, 3.63) is 70.0 Å². The van der Waals surface area contributed by atoms with E-state index in [1.54, 1.807) is 38.8 Å². The number of methoxy groups -OCH3 is 1. The largest absolute Gasteiger partial charge is 0.495 e. The van der Waals surface area contributed by atoms with Crippen LogP contribution in [-0.2, 0) is 13.6 Å². The second-order valence-corrected chi connectivity index (χ2v) is 7.59. The Morgan fingerprint density at radius 3 is 2.83 bits per heavy atom. The first-order valence-corrected chi connectivity index (χ1v) is 9.89. The van der Waals surface area contributed by atoms with Crippen LogP contribution in [0.3, 0.4) is 0 Å². The molecule has 0 aromatic carbocycles. The van der Waals surface area contributed by atoms with E-state index in [9.17, 15) is 4.79 Å². The van der Waals surface area contributed by atoms with Gasteiger partial charge in [-0.05, 0) is 36.6 Å². The first-order valence-electron chi connectivity index (χ1n) is 9.89. The average molecular weight is 407 g/mol. The Hall–Kier alpha value is -3.42. The van der Waals surface area contributed by atoms with Crippen LogP contribution in [0.2, 0.25) is 0 Å². The van der Waals surface area contributed by atoms with E-state index < -0.39 is 0 Å². The number of ether oxygens (including phenoxy) is 2. The maximum Gasteiger partial charge on any atom is 0.290 e. The van der Waals surface area contributed by atoms with E-state index in [2.05, 4.69) is 20.4 Å². The van der Waals surface area contributed by atoms with Crippen LogP contribution in [0.25, 0.3) is 0 Å². The number of aryl methyl sites for hydroxylation is 2. The highest BCUT2D eigenvalue weighted by molar-refractivity contribution is 5.44. The third kappa shape index (κ3) is 4.59. The average Bonchev–Trinajstić information content (AvgIpc) is 3.53. The maximum atomic E-state index is 12.4. The molecule has 0 amide bonds. The van der Waals surface area contributed by atoms with Gasteiger partial charge in [0.1, 0.15) is 11.4 Å². The Labute approximate surface area is 174 Å². The van der Waals surface area contributed by atoms with Gasteiger partial charge >= 0.3 is 0 Å². The maximum absolute atomic E-state index is 12.4. The molecule has 0 aliphatic heterocycles. The summed E-state index contributed by atoms with van der Waals surface area (Å²) >= 11 is 0. The highest BCUT2D eigenvalue weighted by atomic mass is 16.5. The number of hydrogen-bond acceptors (Lipinski definition) is 7. The highest BCUT2D eigenvalue weighted by Gasteiger charge is 2.40. The number of aromatic nitrogens is 4. The standard InChI is InChI=1S/C22H25N5O3/c1-14-6-15(10-23-9-14)11-24-20-8-21(26-27(2)22(20)28)30-13-16-7-18(16)19-5-4-17(29-3)12-25-19/h4-6,8-10,12,16,18,24H,7,11,13H2,1-3H3/t16-,18+/m1/s1. The van der Waals surface area contributed by atoms with Gasteiger partial charge in [-0.2, -0.15) is 0 Å². The lowest BCUT2D eigenvalue weighted by Crippen LogP contribution is -2.24. The molecule has 0 unspecified atom stereocenters. The van der Waals surface area contributed by atoms with Crippen LogP contribution in [0.15, 0.2) is 47.7 Å². The lowest BCUT2D eigenvalue weighted by molar-refractivity contribution is 0.278. The predicted octanol–water partition coefficient (Wildman–Crippen LogP) is 2.68. The van der Waals surface area contributed by atoms with Crippen LogP contribution in [0.1, 0.15) is 29.2 Å². The van der Waals surface area contributed by atoms with Gasteiger partial charge in [-0.25, -0.2) is 4.68 Å². The molecule has 8 heteroatoms. The first-order chi connectivity index (χ1) is 14.5. The third-order valence-corrected chi connectivity index (χ3v) is 5.20. The van der Waals surface area contributed by atoms with E-state index >= 15 is 0 Å². The molecule has 3 heterocycles. The Balaban J connectivity index is 1.37. The molecule has 0 saturated heterocycles. The summed E-state index contributed by atoms with van der Waals surface area (Å²) in [4.78, 5) is 21.0. The van der Waals surface area contributed by atoms with Crippen LogP contribution in [-0.4, -0.2) is 33.5 Å². The number of nitrogens with one attached hydrogen (secondary N) is 1. The molecular formula is C22H25N5O3. The van der Waals surface area contributed by atoms with Crippen molar-refractivity contribution in [2.75, 3.05) is 19.0 Å². The van der Waals surface area contributed by atoms with Crippen molar-refractivity contribution in [1.29, 1.82) is 0 Å². The normalized spacial score (nSPS) is 17.4. The summed E-state index contributed by atoms with van der Waals surface area (Å²) in [7, 11) is 3.25. The van der Waals surface area contributed by atoms with Crippen LogP contribution >= 0.6 is 0 Å². The van der Waals surface area contributed by atoms with Crippen molar-refractivity contribution in [3.63, 3.8) is 0 Å². The van der Waals surface area contributed by atoms with Crippen molar-refractivity contribution in [2.24, 2.45) is 13.0 Å². The summed E-state index contributed by atoms with van der Waals surface area (Å²) in [5, 5.41) is 7.39. The second-order valence-electron chi connectivity index (χ2n) is 7.59. The zero-order valence-corrected chi connectivity index (χ0v) is 17.3. The van der Waals surface area contributed by atoms with E-state index in [0.717, 1.165) is 29.0 Å². The highest BCUT2D eigenvalue weighted by Crippen LogP contribution is 2.46. The van der Waals surface area contributed by atoms with Crippen LogP contribution in [0.5, 0.6) is 11.6 Å². The van der Waals surface area contributed by atoms with Gasteiger partial charge in [0.25, 0.3) is 5.56 Å². The summed E-state index contributed by atoms with van der Waals surface area (Å²) < 4.78 is 12.3. The SMILES string of the molecule is COc1ccc([C@H]2C[C@@H]2COc2cc(NCc3cncc(C)c3)c(=O)n(C)n2)nc1. The summed E-state index contributed by atoms with van der Waals surface area (Å²) in [6, 6.07) is 7.61. The fraction of sp³-hybridized carbons (Fsp3) is 0.364. The number of rotatable bonds is 8. The number of anilines is 1. The van der Waals surface area contributed by atoms with Gasteiger partial charge in [0.15, 0.2) is 0 Å². The third-order valence-electron chi connectivity index (χ3n) is 5.20. The Morgan fingerprint density at radius 1 is 1.23 bits per heavy atom. The molecule has 30 heavy (non-hydrogen) atoms. The molecule has 1 fully saturated rings. The molecule has 2 atom stereocenters. The Morgan fingerprint density at radius 2 is 2.10 bits per heavy atom. The van der Waals surface area contributed by atoms with Crippen molar-refractivity contribution in [2.45, 2.75) is 25.8 Å². The molecule has 1 aliphatic rings. The fourth-order valence-corrected chi connectivity index (χ4v) is 3.41. The topological polar surface area (TPSA) is 91.2 Å². The summed E-state index contributed by atoms with van der Waals surface area (Å²) in [6.07, 6.45) is 6.34. The minimum absolute atomic E-state index is 0.199. The molecule has 0 bridgehead atoms. The molecule has 1 N–H and O–H groups in total. The Kier molecular flexibility index (Phi) is 5.65. The van der Waals surface area contributed by atoms with Gasteiger partial charge in [0.2, 0.25) is 5.88 Å². The van der Waals surface area contributed by atoms with Crippen molar-refractivity contribution in [1.82, 2.24) is 19.7 Å². The number of hydrogen-bond donors (Lipinski definition) is 1. The van der Waals surface area contributed by atoms with Crippen LogP contribution < -0.4 is 20.3 Å². The zero-order valence-electron chi connectivity index (χ0n) is 17.3. The lowest BCUT2D eigenvalue weighted by Gasteiger charge is -2.11. The van der Waals surface area contributed by atoms with Crippen LogP contribution in [0, 0.1) is 12.8 Å². The van der Waals surface area contributed by atoms with E-state index in [1.165, 1.54) is 4.68 Å². The van der Waals surface area contributed by atoms with Gasteiger partial charge in [-0.15, -0.1) is 5.10 Å². The van der Waals surface area contributed by atoms with Crippen molar-refractivity contribution < 1.29 is 9.47 Å². The molecule has 0 radical (unpaired) electrons. The predicted molar refractivity (Wildman–Crippen MR) is 113 cm³/mol. The van der Waals surface area contributed by atoms with Gasteiger partial charge in [-0.3, -0.25) is 14.8 Å². The van der Waals surface area contributed by atoms with Gasteiger partial charge in [0, 0.05) is 49.6 Å². The lowest BCUT2D eigenvalue weighted by atomic mass is 10.2. The molecule has 3 aromatic rings. The molecule has 3 aromatic heterocycles. The summed E-state index contributed by atoms with van der Waals surface area (Å²) in [6.45, 7) is 3.02. The fourth-order valence-electron chi connectivity index (χ4n) is 3.41. The van der Waals surface area contributed by atoms with E-state index in [-0.39, 0.29) is 5.56 Å². The number of nitrogens with zero attached hydrogens (tertiary/aromatic N) is 4. The minimum Gasteiger partial charge on any atom is -0.495 e. The van der Waals surface area contributed by atoms with Crippen LogP contribution in [0.4, 0.5) is 5.69 Å². The quantitative estimate of drug-likeness (QED) is 0.614. The monoisotopic (exact) mass is 407 g/mol. The first kappa shape index (κ1) is 19.9. The zero-order chi connectivity index (χ0) is 21.1. The van der Waals surface area contributed by atoms with Crippen molar-refractivity contribution >= 4 is 5.69 Å². The van der Waals surface area contributed by atoms with Crippen molar-refractivity contribution in [3.8, 4) is 11.6 Å². The van der Waals surface area contributed by atoms with E-state index in [4.69, 9.17) is 9.47 Å². The van der Waals surface area contributed by atoms with Gasteiger partial charge < -0.3 is 14.8 Å². The Bertz CT molecular complexity index is 1080. The molecule has 1 saturated carbocycles. The molecule has 8 nitrogen and oxygen atoms in total. The second kappa shape index (κ2) is 8.52. The molecule has 4 rings (SSSR count). The van der Waals surface area contributed by atoms with Gasteiger partial charge in [0.05, 0.1) is 19.9 Å². The molecule has 0 spiro atoms. The summed E-state index contributed by atoms with van der Waals surface area (Å²) in [5.74, 6) is 1.95. The minimum atomic E-state index is -0.199. The van der Waals surface area contributed by atoms with E-state index in [0.29, 0.717) is 36.6 Å². The summed E-state index contributed by atoms with van der Waals surface area (Å²) in [5.41, 5.74) is 3.38. The molecule has 1 aliphatic carbocycles. The smallest absolute Gasteiger partial charge is 0.290 e. The van der Waals surface area contributed by atoms with Gasteiger partial charge in [-0.1, -0.05) is 6.07 Å². The molecular weight excluding hydrogens is 382 g/mol. The number of pyridine rings is 2. The molecule has 156 valence electrons. The van der Waals surface area contributed by atoms with E-state index in [1.807, 2.05) is 25.1 Å².